The number of fused-ring (bicyclic) bond motifs is 1. The molecule has 0 unspecified atom stereocenters. The third-order valence-electron chi connectivity index (χ3n) is 4.65. The van der Waals surface area contributed by atoms with Crippen LogP contribution in [0.1, 0.15) is 35.6 Å². The van der Waals surface area contributed by atoms with Crippen LogP contribution >= 0.6 is 0 Å². The molecule has 6 heteroatoms. The molecule has 0 spiro atoms. The second-order valence-electron chi connectivity index (χ2n) is 6.16. The van der Waals surface area contributed by atoms with E-state index in [1.807, 2.05) is 19.2 Å². The molecule has 3 rings (SSSR count). The number of carbonyl (C=O) groups is 1. The van der Waals surface area contributed by atoms with Crippen LogP contribution in [-0.4, -0.2) is 29.5 Å². The number of rotatable bonds is 5. The molecule has 1 aromatic carbocycles. The Balaban J connectivity index is 1.54. The molecule has 0 fully saturated rings. The van der Waals surface area contributed by atoms with E-state index in [1.165, 1.54) is 11.1 Å². The minimum atomic E-state index is -0.142. The van der Waals surface area contributed by atoms with Crippen LogP contribution in [0, 0.1) is 0 Å². The summed E-state index contributed by atoms with van der Waals surface area (Å²) in [5.74, 6) is 1.26. The van der Waals surface area contributed by atoms with Gasteiger partial charge in [-0.05, 0) is 48.6 Å². The van der Waals surface area contributed by atoms with E-state index in [4.69, 9.17) is 4.74 Å². The second-order valence-corrected chi connectivity index (χ2v) is 6.16. The van der Waals surface area contributed by atoms with Crippen LogP contribution in [0.3, 0.4) is 0 Å². The Hall–Kier alpha value is -2.50. The number of nitrogens with one attached hydrogen (secondary N) is 2. The molecule has 0 saturated heterocycles. The van der Waals surface area contributed by atoms with Gasteiger partial charge in [-0.1, -0.05) is 6.07 Å². The molecular formula is C18H24N4O2. The number of ether oxygens (including phenoxy) is 1. The van der Waals surface area contributed by atoms with Crippen molar-refractivity contribution in [1.29, 1.82) is 0 Å². The Morgan fingerprint density at radius 3 is 3.00 bits per heavy atom. The number of carbonyl (C=O) groups excluding carboxylic acids is 1. The molecule has 0 radical (unpaired) electrons. The van der Waals surface area contributed by atoms with Gasteiger partial charge in [0.05, 0.1) is 19.3 Å². The predicted molar refractivity (Wildman–Crippen MR) is 92.1 cm³/mol. The molecule has 1 aromatic heterocycles. The zero-order valence-corrected chi connectivity index (χ0v) is 14.2. The second kappa shape index (κ2) is 7.38. The van der Waals surface area contributed by atoms with Crippen LogP contribution in [-0.2, 0) is 20.0 Å². The predicted octanol–water partition coefficient (Wildman–Crippen LogP) is 2.35. The molecule has 6 nitrogen and oxygen atoms in total. The van der Waals surface area contributed by atoms with Crippen LogP contribution in [0.15, 0.2) is 30.5 Å². The Kier molecular flexibility index (Phi) is 5.03. The first-order valence-electron chi connectivity index (χ1n) is 8.32. The van der Waals surface area contributed by atoms with Crippen LogP contribution in [0.25, 0.3) is 0 Å². The summed E-state index contributed by atoms with van der Waals surface area (Å²) in [6.07, 6.45) is 5.04. The number of hydrogen-bond acceptors (Lipinski definition) is 3. The van der Waals surface area contributed by atoms with E-state index in [9.17, 15) is 4.79 Å². The van der Waals surface area contributed by atoms with Crippen molar-refractivity contribution >= 4 is 6.03 Å². The Morgan fingerprint density at radius 1 is 1.38 bits per heavy atom. The van der Waals surface area contributed by atoms with Gasteiger partial charge in [-0.2, -0.15) is 5.10 Å². The molecule has 1 heterocycles. The van der Waals surface area contributed by atoms with E-state index < -0.39 is 0 Å². The van der Waals surface area contributed by atoms with Crippen molar-refractivity contribution in [2.45, 2.75) is 31.7 Å². The van der Waals surface area contributed by atoms with E-state index in [-0.39, 0.29) is 6.03 Å². The minimum Gasteiger partial charge on any atom is -0.497 e. The number of hydrogen-bond donors (Lipinski definition) is 2. The highest BCUT2D eigenvalue weighted by Crippen LogP contribution is 2.33. The van der Waals surface area contributed by atoms with E-state index >= 15 is 0 Å². The van der Waals surface area contributed by atoms with Crippen LogP contribution in [0.5, 0.6) is 5.75 Å². The van der Waals surface area contributed by atoms with Crippen molar-refractivity contribution in [2.75, 3.05) is 13.7 Å². The standard InChI is InChI=1S/C18H24N4O2/c1-22-15(8-9-21-22)12-20-18(23)19-11-14-5-3-4-13-10-16(24-2)6-7-17(13)14/h6-10,14H,3-5,11-12H2,1-2H3,(H2,19,20,23)/t14-/m0/s1. The fraction of sp³-hybridized carbons (Fsp3) is 0.444. The average Bonchev–Trinajstić information content (AvgIpc) is 3.02. The van der Waals surface area contributed by atoms with E-state index in [1.54, 1.807) is 18.0 Å². The number of amides is 2. The maximum absolute atomic E-state index is 12.0. The van der Waals surface area contributed by atoms with Gasteiger partial charge in [-0.15, -0.1) is 0 Å². The van der Waals surface area contributed by atoms with Gasteiger partial charge >= 0.3 is 6.03 Å². The number of methoxy groups -OCH3 is 1. The van der Waals surface area contributed by atoms with Crippen molar-refractivity contribution in [3.05, 3.63) is 47.3 Å². The van der Waals surface area contributed by atoms with Gasteiger partial charge in [0, 0.05) is 25.7 Å². The van der Waals surface area contributed by atoms with Gasteiger partial charge < -0.3 is 15.4 Å². The molecule has 0 saturated carbocycles. The van der Waals surface area contributed by atoms with Crippen molar-refractivity contribution in [3.63, 3.8) is 0 Å². The van der Waals surface area contributed by atoms with Gasteiger partial charge in [-0.3, -0.25) is 4.68 Å². The van der Waals surface area contributed by atoms with Gasteiger partial charge in [0.1, 0.15) is 5.75 Å². The molecular weight excluding hydrogens is 304 g/mol. The van der Waals surface area contributed by atoms with Crippen molar-refractivity contribution < 1.29 is 9.53 Å². The highest BCUT2D eigenvalue weighted by molar-refractivity contribution is 5.73. The lowest BCUT2D eigenvalue weighted by Gasteiger charge is -2.26. The fourth-order valence-electron chi connectivity index (χ4n) is 3.25. The number of urea groups is 1. The largest absolute Gasteiger partial charge is 0.497 e. The SMILES string of the molecule is COc1ccc2c(c1)CCC[C@H]2CNC(=O)NCc1ccnn1C. The summed E-state index contributed by atoms with van der Waals surface area (Å²) < 4.78 is 7.06. The lowest BCUT2D eigenvalue weighted by atomic mass is 9.82. The fourth-order valence-corrected chi connectivity index (χ4v) is 3.25. The summed E-state index contributed by atoms with van der Waals surface area (Å²) in [5, 5.41) is 9.96. The maximum atomic E-state index is 12.0. The molecule has 1 atom stereocenters. The summed E-state index contributed by atoms with van der Waals surface area (Å²) in [4.78, 5) is 12.0. The average molecular weight is 328 g/mol. The summed E-state index contributed by atoms with van der Waals surface area (Å²) in [6, 6.07) is 8.00. The molecule has 128 valence electrons. The van der Waals surface area contributed by atoms with Gasteiger partial charge in [-0.25, -0.2) is 4.79 Å². The van der Waals surface area contributed by atoms with Crippen LogP contribution < -0.4 is 15.4 Å². The zero-order valence-electron chi connectivity index (χ0n) is 14.2. The molecule has 24 heavy (non-hydrogen) atoms. The molecule has 2 N–H and O–H groups in total. The van der Waals surface area contributed by atoms with Crippen LogP contribution in [0.2, 0.25) is 0 Å². The van der Waals surface area contributed by atoms with Gasteiger partial charge in [0.2, 0.25) is 0 Å². The molecule has 0 aliphatic heterocycles. The number of aryl methyl sites for hydroxylation is 2. The smallest absolute Gasteiger partial charge is 0.315 e. The molecule has 1 aliphatic carbocycles. The summed E-state index contributed by atoms with van der Waals surface area (Å²) in [5.41, 5.74) is 3.64. The van der Waals surface area contributed by atoms with Crippen molar-refractivity contribution in [3.8, 4) is 5.75 Å². The molecule has 2 amide bonds. The first kappa shape index (κ1) is 16.4. The molecule has 0 bridgehead atoms. The van der Waals surface area contributed by atoms with Crippen molar-refractivity contribution in [1.82, 2.24) is 20.4 Å². The third-order valence-corrected chi connectivity index (χ3v) is 4.65. The number of benzene rings is 1. The minimum absolute atomic E-state index is 0.142. The highest BCUT2D eigenvalue weighted by Gasteiger charge is 2.21. The monoisotopic (exact) mass is 328 g/mol. The van der Waals surface area contributed by atoms with Crippen LogP contribution in [0.4, 0.5) is 4.79 Å². The van der Waals surface area contributed by atoms with E-state index in [0.717, 1.165) is 30.7 Å². The summed E-state index contributed by atoms with van der Waals surface area (Å²) in [6.45, 7) is 1.12. The third kappa shape index (κ3) is 3.69. The Labute approximate surface area is 142 Å². The highest BCUT2D eigenvalue weighted by atomic mass is 16.5. The quantitative estimate of drug-likeness (QED) is 0.885. The lowest BCUT2D eigenvalue weighted by molar-refractivity contribution is 0.239. The summed E-state index contributed by atoms with van der Waals surface area (Å²) >= 11 is 0. The molecule has 2 aromatic rings. The summed E-state index contributed by atoms with van der Waals surface area (Å²) in [7, 11) is 3.55. The lowest BCUT2D eigenvalue weighted by Crippen LogP contribution is -2.38. The first-order chi connectivity index (χ1) is 11.7. The normalized spacial score (nSPS) is 16.3. The zero-order chi connectivity index (χ0) is 16.9. The number of nitrogens with zero attached hydrogens (tertiary/aromatic N) is 2. The Bertz CT molecular complexity index is 711. The topological polar surface area (TPSA) is 68.2 Å². The molecule has 1 aliphatic rings. The van der Waals surface area contributed by atoms with E-state index in [2.05, 4.69) is 27.9 Å². The van der Waals surface area contributed by atoms with E-state index in [0.29, 0.717) is 19.0 Å². The number of aromatic nitrogens is 2. The van der Waals surface area contributed by atoms with Gasteiger partial charge in [0.15, 0.2) is 0 Å². The van der Waals surface area contributed by atoms with Crippen molar-refractivity contribution in [2.24, 2.45) is 7.05 Å². The maximum Gasteiger partial charge on any atom is 0.315 e. The van der Waals surface area contributed by atoms with Gasteiger partial charge in [0.25, 0.3) is 0 Å². The Morgan fingerprint density at radius 2 is 2.25 bits per heavy atom. The first-order valence-corrected chi connectivity index (χ1v) is 8.32.